The summed E-state index contributed by atoms with van der Waals surface area (Å²) in [6.07, 6.45) is 19.0. The van der Waals surface area contributed by atoms with Gasteiger partial charge in [-0.2, -0.15) is 0 Å². The van der Waals surface area contributed by atoms with E-state index < -0.39 is 0 Å². The van der Waals surface area contributed by atoms with Gasteiger partial charge in [-0.05, 0) is 81.5 Å². The highest BCUT2D eigenvalue weighted by atomic mass is 14.7. The molecule has 0 amide bonds. The zero-order chi connectivity index (χ0) is 16.7. The zero-order valence-electron chi connectivity index (χ0n) is 15.9. The predicted octanol–water partition coefficient (Wildman–Crippen LogP) is 5.39. The second kappa shape index (κ2) is 9.42. The Morgan fingerprint density at radius 2 is 1.00 bits per heavy atom. The van der Waals surface area contributed by atoms with E-state index in [9.17, 15) is 0 Å². The molecular weight excluding hydrogens is 280 g/mol. The van der Waals surface area contributed by atoms with Crippen molar-refractivity contribution in [2.24, 2.45) is 28.7 Å². The van der Waals surface area contributed by atoms with Crippen LogP contribution in [0.3, 0.4) is 0 Å². The van der Waals surface area contributed by atoms with Crippen LogP contribution in [-0.4, -0.2) is 12.1 Å². The fraction of sp³-hybridized carbons (Fsp3) is 1.00. The lowest BCUT2D eigenvalue weighted by Gasteiger charge is -2.51. The summed E-state index contributed by atoms with van der Waals surface area (Å²) < 4.78 is 0. The molecule has 0 aliphatic heterocycles. The largest absolute Gasteiger partial charge is 0.328 e. The van der Waals surface area contributed by atoms with E-state index in [1.54, 1.807) is 0 Å². The van der Waals surface area contributed by atoms with Crippen molar-refractivity contribution in [3.63, 3.8) is 0 Å². The van der Waals surface area contributed by atoms with E-state index in [0.717, 1.165) is 11.8 Å². The minimum absolute atomic E-state index is 0.473. The van der Waals surface area contributed by atoms with Gasteiger partial charge in [0.25, 0.3) is 0 Å². The van der Waals surface area contributed by atoms with Crippen LogP contribution in [0.5, 0.6) is 0 Å². The third kappa shape index (κ3) is 4.95. The van der Waals surface area contributed by atoms with Gasteiger partial charge in [-0.3, -0.25) is 0 Å². The van der Waals surface area contributed by atoms with Gasteiger partial charge >= 0.3 is 0 Å². The number of rotatable bonds is 8. The molecule has 0 saturated heterocycles. The first-order chi connectivity index (χ1) is 11.1. The monoisotopic (exact) mass is 322 g/mol. The molecule has 0 spiro atoms. The second-order valence-corrected chi connectivity index (χ2v) is 8.66. The molecule has 2 aliphatic carbocycles. The Hall–Kier alpha value is -0.0800. The van der Waals surface area contributed by atoms with E-state index in [0.29, 0.717) is 17.5 Å². The van der Waals surface area contributed by atoms with Gasteiger partial charge in [0.15, 0.2) is 0 Å². The fourth-order valence-electron chi connectivity index (χ4n) is 5.67. The molecule has 0 aromatic heterocycles. The Morgan fingerprint density at radius 3 is 1.30 bits per heavy atom. The first-order valence-electron chi connectivity index (χ1n) is 10.6. The highest BCUT2D eigenvalue weighted by Crippen LogP contribution is 2.54. The molecule has 2 heteroatoms. The molecule has 0 atom stereocenters. The van der Waals surface area contributed by atoms with E-state index in [2.05, 4.69) is 13.8 Å². The Labute approximate surface area is 145 Å². The van der Waals surface area contributed by atoms with E-state index in [1.165, 1.54) is 89.9 Å². The maximum atomic E-state index is 6.22. The summed E-state index contributed by atoms with van der Waals surface area (Å²) in [4.78, 5) is 0. The van der Waals surface area contributed by atoms with Gasteiger partial charge in [-0.15, -0.1) is 0 Å². The molecule has 0 aromatic carbocycles. The summed E-state index contributed by atoms with van der Waals surface area (Å²) >= 11 is 0. The van der Waals surface area contributed by atoms with Gasteiger partial charge in [0, 0.05) is 12.1 Å². The minimum Gasteiger partial charge on any atom is -0.328 e. The number of unbranched alkanes of at least 4 members (excludes halogenated alkanes) is 2. The lowest BCUT2D eigenvalue weighted by atomic mass is 9.54. The van der Waals surface area contributed by atoms with Gasteiger partial charge in [0.05, 0.1) is 0 Å². The third-order valence-corrected chi connectivity index (χ3v) is 7.16. The van der Waals surface area contributed by atoms with Crippen LogP contribution < -0.4 is 11.5 Å². The van der Waals surface area contributed by atoms with Crippen molar-refractivity contribution in [3.8, 4) is 0 Å². The molecule has 2 saturated carbocycles. The zero-order valence-corrected chi connectivity index (χ0v) is 15.9. The molecule has 0 bridgehead atoms. The van der Waals surface area contributed by atoms with Crippen molar-refractivity contribution < 1.29 is 0 Å². The van der Waals surface area contributed by atoms with Gasteiger partial charge in [-0.25, -0.2) is 0 Å². The van der Waals surface area contributed by atoms with Crippen LogP contribution in [-0.2, 0) is 0 Å². The Morgan fingerprint density at radius 1 is 0.652 bits per heavy atom. The summed E-state index contributed by atoms with van der Waals surface area (Å²) in [5.41, 5.74) is 13.0. The van der Waals surface area contributed by atoms with Crippen LogP contribution in [0.4, 0.5) is 0 Å². The van der Waals surface area contributed by atoms with Gasteiger partial charge in [0.2, 0.25) is 0 Å². The van der Waals surface area contributed by atoms with Crippen molar-refractivity contribution in [2.45, 2.75) is 116 Å². The molecule has 2 rings (SSSR count). The van der Waals surface area contributed by atoms with E-state index in [-0.39, 0.29) is 0 Å². The Balaban J connectivity index is 2.17. The van der Waals surface area contributed by atoms with Crippen LogP contribution in [0.15, 0.2) is 0 Å². The second-order valence-electron chi connectivity index (χ2n) is 8.66. The minimum atomic E-state index is 0.473. The van der Waals surface area contributed by atoms with Crippen molar-refractivity contribution in [1.29, 1.82) is 0 Å². The third-order valence-electron chi connectivity index (χ3n) is 7.16. The maximum absolute atomic E-state index is 6.22. The van der Waals surface area contributed by atoms with Gasteiger partial charge in [0.1, 0.15) is 0 Å². The summed E-state index contributed by atoms with van der Waals surface area (Å²) in [6, 6.07) is 0.946. The molecule has 23 heavy (non-hydrogen) atoms. The first-order valence-corrected chi connectivity index (χ1v) is 10.6. The molecule has 2 nitrogen and oxygen atoms in total. The summed E-state index contributed by atoms with van der Waals surface area (Å²) in [5, 5.41) is 0. The topological polar surface area (TPSA) is 52.0 Å². The molecule has 2 aliphatic rings. The summed E-state index contributed by atoms with van der Waals surface area (Å²) in [6.45, 7) is 4.72. The molecule has 0 aromatic rings. The fourth-order valence-corrected chi connectivity index (χ4v) is 5.67. The normalized spacial score (nSPS) is 32.9. The van der Waals surface area contributed by atoms with Crippen molar-refractivity contribution in [1.82, 2.24) is 0 Å². The number of nitrogens with two attached hydrogens (primary N) is 2. The average Bonchev–Trinajstić information content (AvgIpc) is 2.57. The number of hydrogen-bond donors (Lipinski definition) is 2. The average molecular weight is 323 g/mol. The van der Waals surface area contributed by atoms with Crippen LogP contribution in [0.1, 0.15) is 104 Å². The molecule has 2 fully saturated rings. The first kappa shape index (κ1) is 19.2. The van der Waals surface area contributed by atoms with Crippen molar-refractivity contribution >= 4 is 0 Å². The lowest BCUT2D eigenvalue weighted by Crippen LogP contribution is -2.44. The SMILES string of the molecule is CCCCC(CCCC)(C1CCC(N)CC1)C1CCC(N)CC1. The van der Waals surface area contributed by atoms with Crippen LogP contribution in [0.25, 0.3) is 0 Å². The summed E-state index contributed by atoms with van der Waals surface area (Å²) in [7, 11) is 0. The maximum Gasteiger partial charge on any atom is 0.00390 e. The smallest absolute Gasteiger partial charge is 0.00390 e. The molecule has 4 N–H and O–H groups in total. The van der Waals surface area contributed by atoms with Crippen molar-refractivity contribution in [3.05, 3.63) is 0 Å². The molecule has 0 unspecified atom stereocenters. The molecule has 0 heterocycles. The van der Waals surface area contributed by atoms with Crippen molar-refractivity contribution in [2.75, 3.05) is 0 Å². The van der Waals surface area contributed by atoms with E-state index in [4.69, 9.17) is 11.5 Å². The number of hydrogen-bond acceptors (Lipinski definition) is 2. The standard InChI is InChI=1S/C21H42N2/c1-3-5-15-21(16-6-4-2,17-7-11-19(22)12-8-17)18-9-13-20(23)14-10-18/h17-20H,3-16,22-23H2,1-2H3. The Bertz CT molecular complexity index is 280. The van der Waals surface area contributed by atoms with Crippen LogP contribution in [0, 0.1) is 17.3 Å². The van der Waals surface area contributed by atoms with E-state index >= 15 is 0 Å². The van der Waals surface area contributed by atoms with Crippen LogP contribution in [0.2, 0.25) is 0 Å². The lowest BCUT2D eigenvalue weighted by molar-refractivity contribution is -0.00332. The predicted molar refractivity (Wildman–Crippen MR) is 101 cm³/mol. The van der Waals surface area contributed by atoms with Gasteiger partial charge in [-0.1, -0.05) is 39.5 Å². The highest BCUT2D eigenvalue weighted by molar-refractivity contribution is 4.96. The van der Waals surface area contributed by atoms with Gasteiger partial charge < -0.3 is 11.5 Å². The molecular formula is C21H42N2. The van der Waals surface area contributed by atoms with Crippen LogP contribution >= 0.6 is 0 Å². The Kier molecular flexibility index (Phi) is 7.88. The molecule has 0 radical (unpaired) electrons. The summed E-state index contributed by atoms with van der Waals surface area (Å²) in [5.74, 6) is 1.86. The highest BCUT2D eigenvalue weighted by Gasteiger charge is 2.45. The van der Waals surface area contributed by atoms with E-state index in [1.807, 2.05) is 0 Å². The quantitative estimate of drug-likeness (QED) is 0.629. The molecule has 136 valence electrons.